The van der Waals surface area contributed by atoms with E-state index in [0.29, 0.717) is 79.9 Å². The lowest BCUT2D eigenvalue weighted by molar-refractivity contribution is -0.160. The van der Waals surface area contributed by atoms with E-state index < -0.39 is 35.1 Å². The van der Waals surface area contributed by atoms with Gasteiger partial charge in [-0.05, 0) is 73.8 Å². The van der Waals surface area contributed by atoms with Crippen molar-refractivity contribution in [1.82, 2.24) is 25.5 Å². The molecule has 12 nitrogen and oxygen atoms in total. The van der Waals surface area contributed by atoms with Crippen LogP contribution in [0.1, 0.15) is 78.9 Å². The Morgan fingerprint density at radius 3 is 2.50 bits per heavy atom. The number of amides is 1. The van der Waals surface area contributed by atoms with E-state index in [0.717, 1.165) is 34.7 Å². The van der Waals surface area contributed by atoms with Gasteiger partial charge in [-0.1, -0.05) is 54.1 Å². The van der Waals surface area contributed by atoms with Crippen molar-refractivity contribution in [2.24, 2.45) is 5.41 Å². The van der Waals surface area contributed by atoms with E-state index in [1.165, 1.54) is 7.11 Å². The quantitative estimate of drug-likeness (QED) is 0.114. The molecule has 1 saturated carbocycles. The zero-order valence-corrected chi connectivity index (χ0v) is 33.7. The topological polar surface area (TPSA) is 159 Å². The van der Waals surface area contributed by atoms with Crippen LogP contribution in [0.4, 0.5) is 13.2 Å². The van der Waals surface area contributed by atoms with Gasteiger partial charge in [0.1, 0.15) is 17.7 Å². The van der Waals surface area contributed by atoms with Gasteiger partial charge >= 0.3 is 12.1 Å². The fourth-order valence-corrected chi connectivity index (χ4v) is 9.57. The lowest BCUT2D eigenvalue weighted by atomic mass is 9.67. The second kappa shape index (κ2) is 16.9. The van der Waals surface area contributed by atoms with Crippen molar-refractivity contribution in [2.45, 2.75) is 88.8 Å². The van der Waals surface area contributed by atoms with Crippen LogP contribution < -0.4 is 24.8 Å². The predicted octanol–water partition coefficient (Wildman–Crippen LogP) is 7.66. The number of alkyl halides is 3. The van der Waals surface area contributed by atoms with Gasteiger partial charge in [-0.3, -0.25) is 14.5 Å². The molecule has 16 heteroatoms. The molecule has 5 heterocycles. The highest BCUT2D eigenvalue weighted by Crippen LogP contribution is 2.48. The van der Waals surface area contributed by atoms with Crippen LogP contribution >= 0.6 is 11.6 Å². The van der Waals surface area contributed by atoms with Crippen molar-refractivity contribution in [2.75, 3.05) is 26.8 Å². The number of hydrogen-bond acceptors (Lipinski definition) is 10. The monoisotopic (exact) mass is 844 g/mol. The summed E-state index contributed by atoms with van der Waals surface area (Å²) in [6, 6.07) is 18.0. The molecule has 60 heavy (non-hydrogen) atoms. The molecular formula is C44H44ClF3N6O6. The number of methoxy groups -OCH3 is 1. The number of carbonyl (C=O) groups is 2. The number of aliphatic carboxylic acids is 1. The summed E-state index contributed by atoms with van der Waals surface area (Å²) in [6.07, 6.45) is -0.938. The first kappa shape index (κ1) is 41.3. The molecule has 2 aliphatic carbocycles. The standard InChI is InChI=1S/C44H44ClF3N6O6/c1-58-39-26(23-54-24-43(42(56)57)16-14-28(54)15-17-43)20-34(44(46,47)48)41(53-39)60-36-12-10-30-29(4-2-5-31(30)36)32-6-3-7-33(38(32)45)35-11-8-25(40(52-35)59-19-18-49)21-50-22-27-9-13-37(55)51-27/h2-8,11,20,27-28,36,50H,9-10,12-17,19,21-24H2,1H3,(H,51,55)(H,56,57)/t27-,28?,36-,43?/m0/s1. The first-order valence-electron chi connectivity index (χ1n) is 20.1. The number of carboxylic acid groups (broad SMARTS) is 1. The number of nitrogens with zero attached hydrogens (tertiary/aromatic N) is 4. The zero-order valence-electron chi connectivity index (χ0n) is 32.9. The van der Waals surface area contributed by atoms with Gasteiger partial charge < -0.3 is 30.0 Å². The average Bonchev–Trinajstić information content (AvgIpc) is 3.86. The molecule has 2 aromatic heterocycles. The van der Waals surface area contributed by atoms with Gasteiger partial charge in [-0.25, -0.2) is 4.98 Å². The molecule has 2 bridgehead atoms. The molecule has 2 aromatic carbocycles. The van der Waals surface area contributed by atoms with Crippen molar-refractivity contribution in [1.29, 1.82) is 5.26 Å². The number of carbonyl (C=O) groups excluding carboxylic acids is 1. The van der Waals surface area contributed by atoms with E-state index >= 15 is 0 Å². The molecule has 9 rings (SSSR count). The Balaban J connectivity index is 1.04. The van der Waals surface area contributed by atoms with E-state index in [2.05, 4.69) is 15.6 Å². The van der Waals surface area contributed by atoms with Gasteiger partial charge in [-0.2, -0.15) is 23.4 Å². The number of aromatic nitrogens is 2. The Bertz CT molecular complexity index is 2350. The van der Waals surface area contributed by atoms with E-state index in [1.54, 1.807) is 0 Å². The molecule has 0 unspecified atom stereocenters. The van der Waals surface area contributed by atoms with Crippen LogP contribution in [-0.2, 0) is 35.3 Å². The molecule has 0 spiro atoms. The SMILES string of the molecule is COc1nc(O[C@H]2CCc3c(-c4cccc(-c5ccc(CNC[C@@H]6CCC(=O)N6)c(OCC#N)n5)c4Cl)cccc32)c(C(F)(F)F)cc1CN1CC2(C(=O)O)CCC1CC2. The first-order valence-corrected chi connectivity index (χ1v) is 20.4. The van der Waals surface area contributed by atoms with Gasteiger partial charge in [0.25, 0.3) is 0 Å². The van der Waals surface area contributed by atoms with E-state index in [9.17, 15) is 33.1 Å². The van der Waals surface area contributed by atoms with Gasteiger partial charge in [-0.15, -0.1) is 0 Å². The Morgan fingerprint density at radius 2 is 1.78 bits per heavy atom. The highest BCUT2D eigenvalue weighted by Gasteiger charge is 2.50. The van der Waals surface area contributed by atoms with Gasteiger partial charge in [0, 0.05) is 66.9 Å². The number of carboxylic acids is 1. The average molecular weight is 845 g/mol. The fourth-order valence-electron chi connectivity index (χ4n) is 9.24. The maximum Gasteiger partial charge on any atom is 0.421 e. The second-order valence-electron chi connectivity index (χ2n) is 16.0. The van der Waals surface area contributed by atoms with Gasteiger partial charge in [0.2, 0.25) is 23.5 Å². The van der Waals surface area contributed by atoms with E-state index in [4.69, 9.17) is 30.8 Å². The number of benzene rings is 2. The van der Waals surface area contributed by atoms with Crippen LogP contribution in [0.2, 0.25) is 5.02 Å². The molecule has 4 fully saturated rings. The minimum absolute atomic E-state index is 0.00228. The number of pyridine rings is 2. The summed E-state index contributed by atoms with van der Waals surface area (Å²) in [5.74, 6) is -1.15. The number of nitrogens with one attached hydrogen (secondary N) is 2. The number of piperidine rings is 2. The molecule has 2 atom stereocenters. The molecule has 314 valence electrons. The fraction of sp³-hybridized carbons (Fsp3) is 0.432. The van der Waals surface area contributed by atoms with Crippen molar-refractivity contribution in [3.05, 3.63) is 87.4 Å². The van der Waals surface area contributed by atoms with Crippen LogP contribution in [-0.4, -0.2) is 70.7 Å². The number of rotatable bonds is 14. The smallest absolute Gasteiger partial charge is 0.421 e. The minimum Gasteiger partial charge on any atom is -0.481 e. The normalized spacial score (nSPS) is 22.3. The molecule has 0 radical (unpaired) electrons. The Labute approximate surface area is 350 Å². The Hall–Kier alpha value is -5.43. The van der Waals surface area contributed by atoms with Crippen molar-refractivity contribution in [3.8, 4) is 46.1 Å². The zero-order chi connectivity index (χ0) is 42.2. The molecule has 3 saturated heterocycles. The van der Waals surface area contributed by atoms with Gasteiger partial charge in [0.15, 0.2) is 6.61 Å². The van der Waals surface area contributed by atoms with Crippen LogP contribution in [0, 0.1) is 16.7 Å². The third-order valence-corrected chi connectivity index (χ3v) is 12.7. The summed E-state index contributed by atoms with van der Waals surface area (Å²) in [6.45, 7) is 1.09. The Morgan fingerprint density at radius 1 is 1.02 bits per heavy atom. The predicted molar refractivity (Wildman–Crippen MR) is 214 cm³/mol. The highest BCUT2D eigenvalue weighted by molar-refractivity contribution is 6.36. The molecule has 5 aliphatic rings. The Kier molecular flexibility index (Phi) is 11.6. The summed E-state index contributed by atoms with van der Waals surface area (Å²) >= 11 is 7.15. The minimum atomic E-state index is -4.79. The number of fused-ring (bicyclic) bond motifs is 4. The van der Waals surface area contributed by atoms with Crippen molar-refractivity contribution >= 4 is 23.5 Å². The molecule has 4 aromatic rings. The number of ether oxygens (including phenoxy) is 3. The van der Waals surface area contributed by atoms with Gasteiger partial charge in [0.05, 0.1) is 23.2 Å². The maximum atomic E-state index is 14.8. The van der Waals surface area contributed by atoms with Crippen LogP contribution in [0.5, 0.6) is 17.6 Å². The van der Waals surface area contributed by atoms with Crippen LogP contribution in [0.25, 0.3) is 22.4 Å². The molecule has 3 N–H and O–H groups in total. The molecule has 1 amide bonds. The molecular weight excluding hydrogens is 801 g/mol. The summed E-state index contributed by atoms with van der Waals surface area (Å²) in [4.78, 5) is 34.8. The first-order chi connectivity index (χ1) is 28.9. The maximum absolute atomic E-state index is 14.8. The lowest BCUT2D eigenvalue weighted by Crippen LogP contribution is -2.56. The van der Waals surface area contributed by atoms with E-state index in [1.807, 2.05) is 59.5 Å². The van der Waals surface area contributed by atoms with Crippen molar-refractivity contribution in [3.63, 3.8) is 0 Å². The summed E-state index contributed by atoms with van der Waals surface area (Å²) in [5, 5.41) is 25.9. The number of nitriles is 1. The van der Waals surface area contributed by atoms with E-state index in [-0.39, 0.29) is 55.0 Å². The highest BCUT2D eigenvalue weighted by atomic mass is 35.5. The summed E-state index contributed by atoms with van der Waals surface area (Å²) in [7, 11) is 1.35. The van der Waals surface area contributed by atoms with Crippen LogP contribution in [0.15, 0.2) is 54.6 Å². The summed E-state index contributed by atoms with van der Waals surface area (Å²) in [5.41, 5.74) is 3.27. The second-order valence-corrected chi connectivity index (χ2v) is 16.3. The lowest BCUT2D eigenvalue weighted by Gasteiger charge is -2.50. The number of halogens is 4. The third-order valence-electron chi connectivity index (χ3n) is 12.3. The summed E-state index contributed by atoms with van der Waals surface area (Å²) < 4.78 is 61.7. The van der Waals surface area contributed by atoms with Crippen LogP contribution in [0.3, 0.4) is 0 Å². The number of hydrogen-bond donors (Lipinski definition) is 3. The third kappa shape index (κ3) is 8.20. The van der Waals surface area contributed by atoms with Crippen molar-refractivity contribution < 1.29 is 42.1 Å². The molecule has 3 aliphatic heterocycles. The largest absolute Gasteiger partial charge is 0.481 e.